The van der Waals surface area contributed by atoms with Gasteiger partial charge in [0.15, 0.2) is 0 Å². The molecule has 0 aliphatic heterocycles. The van der Waals surface area contributed by atoms with Crippen molar-refractivity contribution in [2.75, 3.05) is 18.5 Å². The molecule has 0 aromatic carbocycles. The van der Waals surface area contributed by atoms with Gasteiger partial charge in [0.2, 0.25) is 0 Å². The number of halogens is 1. The lowest BCUT2D eigenvalue weighted by molar-refractivity contribution is -0.124. The number of anilines is 1. The molecule has 6 nitrogen and oxygen atoms in total. The van der Waals surface area contributed by atoms with E-state index in [1.54, 1.807) is 12.3 Å². The van der Waals surface area contributed by atoms with Gasteiger partial charge < -0.3 is 10.1 Å². The smallest absolute Gasteiger partial charge is 0.267 e. The molecule has 0 atom stereocenters. The molecule has 3 N–H and O–H groups in total. The molecule has 0 aliphatic carbocycles. The number of ether oxygens (including phenoxy) is 1. The van der Waals surface area contributed by atoms with Gasteiger partial charge in [-0.15, -0.1) is 0 Å². The van der Waals surface area contributed by atoms with Crippen LogP contribution in [0.4, 0.5) is 5.82 Å². The zero-order chi connectivity index (χ0) is 15.0. The largest absolute Gasteiger partial charge is 0.377 e. The highest BCUT2D eigenvalue weighted by atomic mass is 35.5. The molecule has 0 bridgehead atoms. The fourth-order valence-corrected chi connectivity index (χ4v) is 1.59. The van der Waals surface area contributed by atoms with Gasteiger partial charge in [0.25, 0.3) is 5.91 Å². The predicted molar refractivity (Wildman–Crippen MR) is 77.8 cm³/mol. The fraction of sp³-hybridized carbons (Fsp3) is 0.385. The molecule has 0 spiro atoms. The van der Waals surface area contributed by atoms with Crippen LogP contribution in [-0.2, 0) is 9.53 Å². The summed E-state index contributed by atoms with van der Waals surface area (Å²) < 4.78 is 5.39. The minimum Gasteiger partial charge on any atom is -0.377 e. The molecule has 0 aliphatic rings. The van der Waals surface area contributed by atoms with Crippen LogP contribution in [0.1, 0.15) is 19.4 Å². The number of aromatic nitrogens is 1. The lowest BCUT2D eigenvalue weighted by atomic mass is 10.2. The maximum atomic E-state index is 10.8. The van der Waals surface area contributed by atoms with E-state index in [2.05, 4.69) is 10.3 Å². The molecule has 1 rings (SSSR count). The Morgan fingerprint density at radius 3 is 2.95 bits per heavy atom. The average molecular weight is 300 g/mol. The standard InChI is InChI=1S/C13H18ClN3O3/c1-9(2)20-6-5-15-13-11(14)7-10(8-16-13)3-4-12(18)17-19/h3-4,7-9,19H,5-6H2,1-2H3,(H,15,16)(H,17,18)/b4-3+. The van der Waals surface area contributed by atoms with Crippen molar-refractivity contribution in [3.05, 3.63) is 28.9 Å². The highest BCUT2D eigenvalue weighted by molar-refractivity contribution is 6.33. The predicted octanol–water partition coefficient (Wildman–Crippen LogP) is 2.09. The second kappa shape index (κ2) is 8.52. The summed E-state index contributed by atoms with van der Waals surface area (Å²) in [7, 11) is 0. The first-order chi connectivity index (χ1) is 9.52. The summed E-state index contributed by atoms with van der Waals surface area (Å²) in [5, 5.41) is 11.9. The Kier molecular flexibility index (Phi) is 7.00. The van der Waals surface area contributed by atoms with E-state index in [9.17, 15) is 4.79 Å². The number of carbonyl (C=O) groups excluding carboxylic acids is 1. The Bertz CT molecular complexity index is 478. The van der Waals surface area contributed by atoms with Crippen molar-refractivity contribution in [1.29, 1.82) is 0 Å². The monoisotopic (exact) mass is 299 g/mol. The summed E-state index contributed by atoms with van der Waals surface area (Å²) >= 11 is 6.07. The molecule has 1 aromatic rings. The Morgan fingerprint density at radius 1 is 1.60 bits per heavy atom. The van der Waals surface area contributed by atoms with Crippen LogP contribution in [0.25, 0.3) is 6.08 Å². The van der Waals surface area contributed by atoms with Crippen molar-refractivity contribution >= 4 is 29.4 Å². The van der Waals surface area contributed by atoms with Gasteiger partial charge in [0, 0.05) is 18.8 Å². The van der Waals surface area contributed by atoms with E-state index in [0.29, 0.717) is 29.6 Å². The first-order valence-corrected chi connectivity index (χ1v) is 6.54. The second-order valence-corrected chi connectivity index (χ2v) is 4.66. The molecule has 7 heteroatoms. The molecule has 0 unspecified atom stereocenters. The number of nitrogens with zero attached hydrogens (tertiary/aromatic N) is 1. The van der Waals surface area contributed by atoms with E-state index >= 15 is 0 Å². The normalized spacial score (nSPS) is 11.1. The van der Waals surface area contributed by atoms with Crippen LogP contribution in [0.5, 0.6) is 0 Å². The van der Waals surface area contributed by atoms with E-state index in [4.69, 9.17) is 21.5 Å². The quantitative estimate of drug-likeness (QED) is 0.311. The summed E-state index contributed by atoms with van der Waals surface area (Å²) in [6.45, 7) is 5.10. The van der Waals surface area contributed by atoms with E-state index < -0.39 is 5.91 Å². The van der Waals surface area contributed by atoms with Gasteiger partial charge in [-0.3, -0.25) is 10.0 Å². The first-order valence-electron chi connectivity index (χ1n) is 6.16. The van der Waals surface area contributed by atoms with Gasteiger partial charge in [-0.1, -0.05) is 11.6 Å². The third-order valence-electron chi connectivity index (χ3n) is 2.25. The van der Waals surface area contributed by atoms with Crippen molar-refractivity contribution in [1.82, 2.24) is 10.5 Å². The zero-order valence-corrected chi connectivity index (χ0v) is 12.1. The summed E-state index contributed by atoms with van der Waals surface area (Å²) in [4.78, 5) is 15.0. The number of rotatable bonds is 7. The lowest BCUT2D eigenvalue weighted by Crippen LogP contribution is -2.15. The van der Waals surface area contributed by atoms with E-state index in [1.165, 1.54) is 17.6 Å². The fourth-order valence-electron chi connectivity index (χ4n) is 1.35. The molecule has 0 radical (unpaired) electrons. The molecule has 110 valence electrons. The highest BCUT2D eigenvalue weighted by Gasteiger charge is 2.02. The van der Waals surface area contributed by atoms with Crippen LogP contribution in [0.2, 0.25) is 5.02 Å². The maximum absolute atomic E-state index is 10.8. The first kappa shape index (κ1) is 16.4. The molecule has 1 amide bonds. The van der Waals surface area contributed by atoms with Crippen molar-refractivity contribution < 1.29 is 14.7 Å². The second-order valence-electron chi connectivity index (χ2n) is 4.25. The number of carbonyl (C=O) groups is 1. The summed E-state index contributed by atoms with van der Waals surface area (Å²) in [5.41, 5.74) is 2.15. The van der Waals surface area contributed by atoms with Crippen LogP contribution < -0.4 is 10.8 Å². The van der Waals surface area contributed by atoms with Crippen LogP contribution >= 0.6 is 11.6 Å². The maximum Gasteiger partial charge on any atom is 0.267 e. The summed E-state index contributed by atoms with van der Waals surface area (Å²) in [6.07, 6.45) is 4.43. The number of pyridine rings is 1. The Morgan fingerprint density at radius 2 is 2.35 bits per heavy atom. The van der Waals surface area contributed by atoms with Crippen molar-refractivity contribution in [3.8, 4) is 0 Å². The minimum atomic E-state index is -0.617. The molecule has 0 saturated heterocycles. The molecule has 0 fully saturated rings. The van der Waals surface area contributed by atoms with Gasteiger partial charge in [-0.2, -0.15) is 0 Å². The summed E-state index contributed by atoms with van der Waals surface area (Å²) in [6, 6.07) is 1.67. The van der Waals surface area contributed by atoms with Crippen LogP contribution in [0.3, 0.4) is 0 Å². The molecule has 0 saturated carbocycles. The molecule has 20 heavy (non-hydrogen) atoms. The van der Waals surface area contributed by atoms with E-state index in [-0.39, 0.29) is 6.10 Å². The van der Waals surface area contributed by atoms with Crippen LogP contribution in [0, 0.1) is 0 Å². The highest BCUT2D eigenvalue weighted by Crippen LogP contribution is 2.20. The Hall–Kier alpha value is -1.63. The van der Waals surface area contributed by atoms with Crippen LogP contribution in [0.15, 0.2) is 18.3 Å². The third kappa shape index (κ3) is 6.01. The number of hydrogen-bond acceptors (Lipinski definition) is 5. The van der Waals surface area contributed by atoms with Crippen molar-refractivity contribution in [3.63, 3.8) is 0 Å². The van der Waals surface area contributed by atoms with Gasteiger partial charge >= 0.3 is 0 Å². The Labute approximate surface area is 122 Å². The summed E-state index contributed by atoms with van der Waals surface area (Å²) in [5.74, 6) is -0.0584. The van der Waals surface area contributed by atoms with Crippen molar-refractivity contribution in [2.24, 2.45) is 0 Å². The minimum absolute atomic E-state index is 0.186. The Balaban J connectivity index is 2.55. The van der Waals surface area contributed by atoms with Gasteiger partial charge in [0.1, 0.15) is 5.82 Å². The van der Waals surface area contributed by atoms with Gasteiger partial charge in [0.05, 0.1) is 17.7 Å². The SMILES string of the molecule is CC(C)OCCNc1ncc(/C=C/C(=O)NO)cc1Cl. The average Bonchev–Trinajstić information content (AvgIpc) is 2.42. The van der Waals surface area contributed by atoms with Gasteiger partial charge in [-0.25, -0.2) is 10.5 Å². The molecular weight excluding hydrogens is 282 g/mol. The van der Waals surface area contributed by atoms with E-state index in [1.807, 2.05) is 13.8 Å². The zero-order valence-electron chi connectivity index (χ0n) is 11.4. The molecular formula is C13H18ClN3O3. The van der Waals surface area contributed by atoms with Crippen molar-refractivity contribution in [2.45, 2.75) is 20.0 Å². The lowest BCUT2D eigenvalue weighted by Gasteiger charge is -2.10. The number of nitrogens with one attached hydrogen (secondary N) is 2. The van der Waals surface area contributed by atoms with E-state index in [0.717, 1.165) is 0 Å². The van der Waals surface area contributed by atoms with Crippen LogP contribution in [-0.4, -0.2) is 35.4 Å². The topological polar surface area (TPSA) is 83.5 Å². The molecule has 1 heterocycles. The number of hydrogen-bond donors (Lipinski definition) is 3. The number of hydroxylamine groups is 1. The third-order valence-corrected chi connectivity index (χ3v) is 2.53. The number of amides is 1. The molecule has 1 aromatic heterocycles. The van der Waals surface area contributed by atoms with Gasteiger partial charge in [-0.05, 0) is 31.6 Å².